The van der Waals surface area contributed by atoms with E-state index in [0.29, 0.717) is 0 Å². The molecule has 14 heavy (non-hydrogen) atoms. The van der Waals surface area contributed by atoms with Crippen molar-refractivity contribution in [2.24, 2.45) is 0 Å². The Hall–Kier alpha value is -0.760. The summed E-state index contributed by atoms with van der Waals surface area (Å²) < 4.78 is 5.58. The molecule has 1 radical (unpaired) electrons. The van der Waals surface area contributed by atoms with Gasteiger partial charge in [-0.25, -0.2) is 0 Å². The molecule has 2 aromatic carbocycles. The van der Waals surface area contributed by atoms with Crippen LogP contribution in [0.3, 0.4) is 0 Å². The molecule has 2 aromatic rings. The number of ether oxygens (including phenoxy) is 1. The van der Waals surface area contributed by atoms with Crippen LogP contribution in [0, 0.1) is 0 Å². The Morgan fingerprint density at radius 3 is 1.29 bits per heavy atom. The first-order valence-electron chi connectivity index (χ1n) is 4.23. The fourth-order valence-electron chi connectivity index (χ4n) is 1.11. The molecule has 0 bridgehead atoms. The van der Waals surface area contributed by atoms with Crippen LogP contribution < -0.4 is 4.74 Å². The second-order valence-corrected chi connectivity index (χ2v) is 2.73. The fourth-order valence-corrected chi connectivity index (χ4v) is 1.11. The Morgan fingerprint density at radius 2 is 0.929 bits per heavy atom. The van der Waals surface area contributed by atoms with Gasteiger partial charge in [0.15, 0.2) is 0 Å². The number of para-hydroxylation sites is 2. The van der Waals surface area contributed by atoms with E-state index >= 15 is 0 Å². The van der Waals surface area contributed by atoms with Gasteiger partial charge in [0.25, 0.3) is 0 Å². The van der Waals surface area contributed by atoms with Gasteiger partial charge in [-0.05, 0) is 24.3 Å². The molecular formula is C12H10NaO. The summed E-state index contributed by atoms with van der Waals surface area (Å²) in [6.45, 7) is 0. The van der Waals surface area contributed by atoms with Crippen molar-refractivity contribution in [1.82, 2.24) is 0 Å². The molecule has 0 N–H and O–H groups in total. The Kier molecular flexibility index (Phi) is 4.74. The summed E-state index contributed by atoms with van der Waals surface area (Å²) in [6, 6.07) is 19.5. The Morgan fingerprint density at radius 1 is 0.571 bits per heavy atom. The van der Waals surface area contributed by atoms with E-state index in [0.717, 1.165) is 11.5 Å². The zero-order valence-corrected chi connectivity index (χ0v) is 10.2. The van der Waals surface area contributed by atoms with Gasteiger partial charge in [-0.2, -0.15) is 0 Å². The molecule has 2 heteroatoms. The predicted octanol–water partition coefficient (Wildman–Crippen LogP) is 3.10. The van der Waals surface area contributed by atoms with E-state index < -0.39 is 0 Å². The van der Waals surface area contributed by atoms with E-state index in [4.69, 9.17) is 4.74 Å². The van der Waals surface area contributed by atoms with Crippen LogP contribution >= 0.6 is 0 Å². The van der Waals surface area contributed by atoms with Crippen molar-refractivity contribution in [2.45, 2.75) is 0 Å². The van der Waals surface area contributed by atoms with Crippen LogP contribution in [0.2, 0.25) is 0 Å². The van der Waals surface area contributed by atoms with Crippen LogP contribution in [0.15, 0.2) is 60.7 Å². The zero-order chi connectivity index (χ0) is 8.93. The molecule has 0 heterocycles. The van der Waals surface area contributed by atoms with Crippen molar-refractivity contribution in [3.05, 3.63) is 60.7 Å². The van der Waals surface area contributed by atoms with Crippen LogP contribution in [-0.4, -0.2) is 29.6 Å². The summed E-state index contributed by atoms with van der Waals surface area (Å²) in [5, 5.41) is 0. The topological polar surface area (TPSA) is 9.23 Å². The molecule has 0 atom stereocenters. The average Bonchev–Trinajstić information content (AvgIpc) is 2.21. The maximum atomic E-state index is 5.58. The van der Waals surface area contributed by atoms with Gasteiger partial charge in [-0.3, -0.25) is 0 Å². The van der Waals surface area contributed by atoms with E-state index in [9.17, 15) is 0 Å². The molecular weight excluding hydrogens is 183 g/mol. The first-order valence-corrected chi connectivity index (χ1v) is 4.23. The summed E-state index contributed by atoms with van der Waals surface area (Å²) >= 11 is 0. The molecule has 0 amide bonds. The number of hydrogen-bond acceptors (Lipinski definition) is 1. The van der Waals surface area contributed by atoms with Crippen molar-refractivity contribution in [3.8, 4) is 11.5 Å². The van der Waals surface area contributed by atoms with Gasteiger partial charge < -0.3 is 4.74 Å². The Labute approximate surface area is 106 Å². The third-order valence-corrected chi connectivity index (χ3v) is 1.72. The van der Waals surface area contributed by atoms with E-state index in [-0.39, 0.29) is 29.6 Å². The number of rotatable bonds is 2. The minimum absolute atomic E-state index is 0. The molecule has 1 nitrogen and oxygen atoms in total. The predicted molar refractivity (Wildman–Crippen MR) is 58.7 cm³/mol. The normalized spacial score (nSPS) is 8.86. The smallest absolute Gasteiger partial charge is 0.127 e. The average molecular weight is 193 g/mol. The van der Waals surface area contributed by atoms with E-state index in [1.807, 2.05) is 60.7 Å². The third kappa shape index (κ3) is 3.18. The van der Waals surface area contributed by atoms with Crippen LogP contribution in [0.5, 0.6) is 11.5 Å². The van der Waals surface area contributed by atoms with Gasteiger partial charge >= 0.3 is 0 Å². The van der Waals surface area contributed by atoms with Gasteiger partial charge in [-0.15, -0.1) is 0 Å². The third-order valence-electron chi connectivity index (χ3n) is 1.72. The van der Waals surface area contributed by atoms with Crippen molar-refractivity contribution < 1.29 is 4.74 Å². The largest absolute Gasteiger partial charge is 0.457 e. The summed E-state index contributed by atoms with van der Waals surface area (Å²) in [6.07, 6.45) is 0. The molecule has 0 fully saturated rings. The SMILES string of the molecule is [Na].c1ccc(Oc2ccccc2)cc1. The summed E-state index contributed by atoms with van der Waals surface area (Å²) in [5.74, 6) is 1.74. The van der Waals surface area contributed by atoms with Gasteiger partial charge in [0.2, 0.25) is 0 Å². The summed E-state index contributed by atoms with van der Waals surface area (Å²) in [4.78, 5) is 0. The number of benzene rings is 2. The minimum atomic E-state index is 0. The Bertz CT molecular complexity index is 321. The van der Waals surface area contributed by atoms with Crippen LogP contribution in [0.25, 0.3) is 0 Å². The van der Waals surface area contributed by atoms with Crippen molar-refractivity contribution in [3.63, 3.8) is 0 Å². The number of hydrogen-bond donors (Lipinski definition) is 0. The second kappa shape index (κ2) is 5.86. The van der Waals surface area contributed by atoms with Crippen molar-refractivity contribution >= 4 is 29.6 Å². The standard InChI is InChI=1S/C12H10O.Na/c1-3-7-11(8-4-1)13-12-9-5-2-6-10-12;/h1-10H;. The van der Waals surface area contributed by atoms with E-state index in [2.05, 4.69) is 0 Å². The van der Waals surface area contributed by atoms with Crippen LogP contribution in [0.4, 0.5) is 0 Å². The molecule has 0 saturated heterocycles. The van der Waals surface area contributed by atoms with Crippen molar-refractivity contribution in [2.75, 3.05) is 0 Å². The van der Waals surface area contributed by atoms with Gasteiger partial charge in [0.1, 0.15) is 11.5 Å². The molecule has 0 aliphatic carbocycles. The summed E-state index contributed by atoms with van der Waals surface area (Å²) in [7, 11) is 0. The molecule has 0 aromatic heterocycles. The molecule has 0 saturated carbocycles. The molecule has 65 valence electrons. The zero-order valence-electron chi connectivity index (χ0n) is 8.18. The molecule has 0 aliphatic rings. The quantitative estimate of drug-likeness (QED) is 0.666. The van der Waals surface area contributed by atoms with Crippen molar-refractivity contribution in [1.29, 1.82) is 0 Å². The van der Waals surface area contributed by atoms with Gasteiger partial charge in [0.05, 0.1) is 0 Å². The maximum Gasteiger partial charge on any atom is 0.127 e. The molecule has 0 spiro atoms. The first-order chi connectivity index (χ1) is 6.45. The molecule has 2 rings (SSSR count). The maximum absolute atomic E-state index is 5.58. The minimum Gasteiger partial charge on any atom is -0.457 e. The van der Waals surface area contributed by atoms with Gasteiger partial charge in [0, 0.05) is 29.6 Å². The summed E-state index contributed by atoms with van der Waals surface area (Å²) in [5.41, 5.74) is 0. The van der Waals surface area contributed by atoms with E-state index in [1.54, 1.807) is 0 Å². The van der Waals surface area contributed by atoms with Crippen LogP contribution in [0.1, 0.15) is 0 Å². The van der Waals surface area contributed by atoms with Crippen LogP contribution in [-0.2, 0) is 0 Å². The van der Waals surface area contributed by atoms with Gasteiger partial charge in [-0.1, -0.05) is 36.4 Å². The Balaban J connectivity index is 0.000000980. The second-order valence-electron chi connectivity index (χ2n) is 2.73. The first kappa shape index (κ1) is 11.3. The molecule has 0 unspecified atom stereocenters. The molecule has 0 aliphatic heterocycles. The monoisotopic (exact) mass is 193 g/mol. The van der Waals surface area contributed by atoms with E-state index in [1.165, 1.54) is 0 Å². The fraction of sp³-hybridized carbons (Fsp3) is 0.